The van der Waals surface area contributed by atoms with E-state index in [1.54, 1.807) is 4.90 Å². The summed E-state index contributed by atoms with van der Waals surface area (Å²) in [6, 6.07) is 13.8. The highest BCUT2D eigenvalue weighted by Crippen LogP contribution is 2.28. The van der Waals surface area contributed by atoms with Crippen LogP contribution in [0, 0.1) is 20.8 Å². The molecule has 1 aliphatic heterocycles. The zero-order valence-corrected chi connectivity index (χ0v) is 18.8. The molecule has 2 aromatic carbocycles. The Bertz CT molecular complexity index is 1320. The number of nitrogens with zero attached hydrogens (tertiary/aromatic N) is 4. The second-order valence-electron chi connectivity index (χ2n) is 8.38. The van der Waals surface area contributed by atoms with Gasteiger partial charge in [0.05, 0.1) is 13.2 Å². The zero-order chi connectivity index (χ0) is 22.4. The van der Waals surface area contributed by atoms with Crippen LogP contribution >= 0.6 is 0 Å². The summed E-state index contributed by atoms with van der Waals surface area (Å²) in [5.74, 6) is 0.913. The molecule has 2 aromatic heterocycles. The van der Waals surface area contributed by atoms with Crippen molar-refractivity contribution in [2.24, 2.45) is 7.05 Å². The highest BCUT2D eigenvalue weighted by molar-refractivity contribution is 5.99. The van der Waals surface area contributed by atoms with E-state index in [1.807, 2.05) is 56.4 Å². The van der Waals surface area contributed by atoms with Gasteiger partial charge in [0.2, 0.25) is 5.82 Å². The number of hydrogen-bond donors (Lipinski definition) is 0. The molecule has 1 amide bonds. The van der Waals surface area contributed by atoms with Crippen LogP contribution in [0.25, 0.3) is 22.3 Å². The van der Waals surface area contributed by atoms with Gasteiger partial charge in [0.15, 0.2) is 6.10 Å². The molecule has 0 N–H and O–H groups in total. The molecule has 7 nitrogen and oxygen atoms in total. The second-order valence-corrected chi connectivity index (χ2v) is 8.38. The first-order valence-corrected chi connectivity index (χ1v) is 10.8. The molecule has 1 atom stereocenters. The van der Waals surface area contributed by atoms with E-state index in [4.69, 9.17) is 9.26 Å². The van der Waals surface area contributed by atoms with Crippen LogP contribution in [0.4, 0.5) is 0 Å². The predicted molar refractivity (Wildman–Crippen MR) is 121 cm³/mol. The van der Waals surface area contributed by atoms with Crippen LogP contribution in [0.3, 0.4) is 0 Å². The lowest BCUT2D eigenvalue weighted by atomic mass is 10.1. The largest absolute Gasteiger partial charge is 0.365 e. The minimum Gasteiger partial charge on any atom is -0.365 e. The number of carbonyl (C=O) groups excluding carboxylic acids is 1. The molecule has 1 fully saturated rings. The summed E-state index contributed by atoms with van der Waals surface area (Å²) >= 11 is 0. The number of rotatable bonds is 3. The number of morpholine rings is 1. The van der Waals surface area contributed by atoms with Crippen LogP contribution in [-0.2, 0) is 11.8 Å². The standard InChI is InChI=1S/C25H26N4O3/c1-15-7-5-6-8-19(15)23-26-24(32-27-23)22-14-29(11-12-31-22)25(30)18-9-10-21-20(13-18)16(2)17(3)28(21)4/h5-10,13,22H,11-12,14H2,1-4H3. The van der Waals surface area contributed by atoms with Crippen LogP contribution in [0.2, 0.25) is 0 Å². The molecule has 0 bridgehead atoms. The molecule has 164 valence electrons. The monoisotopic (exact) mass is 430 g/mol. The Labute approximate surface area is 186 Å². The molecule has 0 aliphatic carbocycles. The average Bonchev–Trinajstić information content (AvgIpc) is 3.39. The maximum atomic E-state index is 13.3. The van der Waals surface area contributed by atoms with Crippen molar-refractivity contribution in [2.45, 2.75) is 26.9 Å². The minimum atomic E-state index is -0.442. The minimum absolute atomic E-state index is 0.0141. The zero-order valence-electron chi connectivity index (χ0n) is 18.8. The number of amides is 1. The van der Waals surface area contributed by atoms with E-state index < -0.39 is 6.10 Å². The van der Waals surface area contributed by atoms with Crippen LogP contribution in [0.5, 0.6) is 0 Å². The smallest absolute Gasteiger partial charge is 0.257 e. The molecule has 3 heterocycles. The summed E-state index contributed by atoms with van der Waals surface area (Å²) in [4.78, 5) is 19.6. The third-order valence-corrected chi connectivity index (χ3v) is 6.51. The molecular weight excluding hydrogens is 404 g/mol. The van der Waals surface area contributed by atoms with E-state index in [0.717, 1.165) is 22.0 Å². The Morgan fingerprint density at radius 1 is 1.12 bits per heavy atom. The fraction of sp³-hybridized carbons (Fsp3) is 0.320. The molecule has 7 heteroatoms. The molecule has 1 unspecified atom stereocenters. The van der Waals surface area contributed by atoms with Gasteiger partial charge in [0.25, 0.3) is 11.8 Å². The Hall–Kier alpha value is -3.45. The Morgan fingerprint density at radius 2 is 1.94 bits per heavy atom. The first-order chi connectivity index (χ1) is 15.4. The fourth-order valence-corrected chi connectivity index (χ4v) is 4.35. The Kier molecular flexibility index (Phi) is 5.06. The molecule has 5 rings (SSSR count). The van der Waals surface area contributed by atoms with Gasteiger partial charge in [0.1, 0.15) is 0 Å². The number of carbonyl (C=O) groups is 1. The van der Waals surface area contributed by atoms with E-state index >= 15 is 0 Å². The van der Waals surface area contributed by atoms with Crippen molar-refractivity contribution in [3.8, 4) is 11.4 Å². The molecular formula is C25H26N4O3. The molecule has 1 aliphatic rings. The third kappa shape index (κ3) is 3.39. The van der Waals surface area contributed by atoms with Gasteiger partial charge in [-0.1, -0.05) is 29.4 Å². The van der Waals surface area contributed by atoms with E-state index in [-0.39, 0.29) is 5.91 Å². The SMILES string of the molecule is Cc1ccccc1-c1noc(C2CN(C(=O)c3ccc4c(c3)c(C)c(C)n4C)CCO2)n1. The van der Waals surface area contributed by atoms with Gasteiger partial charge in [-0.2, -0.15) is 4.98 Å². The quantitative estimate of drug-likeness (QED) is 0.483. The summed E-state index contributed by atoms with van der Waals surface area (Å²) in [6.45, 7) is 7.52. The van der Waals surface area contributed by atoms with E-state index in [1.165, 1.54) is 11.3 Å². The summed E-state index contributed by atoms with van der Waals surface area (Å²) in [5, 5.41) is 5.24. The lowest BCUT2D eigenvalue weighted by Gasteiger charge is -2.31. The first-order valence-electron chi connectivity index (χ1n) is 10.8. The molecule has 0 saturated carbocycles. The van der Waals surface area contributed by atoms with E-state index in [9.17, 15) is 4.79 Å². The van der Waals surface area contributed by atoms with E-state index in [2.05, 4.69) is 28.6 Å². The molecule has 0 radical (unpaired) electrons. The van der Waals surface area contributed by atoms with Gasteiger partial charge < -0.3 is 18.7 Å². The van der Waals surface area contributed by atoms with Crippen molar-refractivity contribution >= 4 is 16.8 Å². The highest BCUT2D eigenvalue weighted by Gasteiger charge is 2.30. The fourth-order valence-electron chi connectivity index (χ4n) is 4.35. The van der Waals surface area contributed by atoms with Gasteiger partial charge >= 0.3 is 0 Å². The second kappa shape index (κ2) is 7.91. The Balaban J connectivity index is 1.37. The van der Waals surface area contributed by atoms with Crippen molar-refractivity contribution in [1.29, 1.82) is 0 Å². The van der Waals surface area contributed by atoms with Gasteiger partial charge in [-0.25, -0.2) is 0 Å². The Morgan fingerprint density at radius 3 is 2.75 bits per heavy atom. The third-order valence-electron chi connectivity index (χ3n) is 6.51. The predicted octanol–water partition coefficient (Wildman–Crippen LogP) is 4.37. The summed E-state index contributed by atoms with van der Waals surface area (Å²) < 4.78 is 13.5. The van der Waals surface area contributed by atoms with Crippen LogP contribution in [-0.4, -0.2) is 45.2 Å². The number of benzene rings is 2. The van der Waals surface area contributed by atoms with Crippen molar-refractivity contribution in [1.82, 2.24) is 19.6 Å². The van der Waals surface area contributed by atoms with Crippen LogP contribution in [0.1, 0.15) is 39.2 Å². The molecule has 32 heavy (non-hydrogen) atoms. The molecule has 4 aromatic rings. The summed E-state index contributed by atoms with van der Waals surface area (Å²) in [7, 11) is 2.05. The number of ether oxygens (including phenoxy) is 1. The lowest BCUT2D eigenvalue weighted by molar-refractivity contribution is -0.0367. The number of aryl methyl sites for hydroxylation is 3. The topological polar surface area (TPSA) is 73.4 Å². The van der Waals surface area contributed by atoms with Gasteiger partial charge in [-0.15, -0.1) is 0 Å². The maximum Gasteiger partial charge on any atom is 0.257 e. The highest BCUT2D eigenvalue weighted by atomic mass is 16.5. The number of hydrogen-bond acceptors (Lipinski definition) is 5. The van der Waals surface area contributed by atoms with Gasteiger partial charge in [0, 0.05) is 41.3 Å². The van der Waals surface area contributed by atoms with E-state index in [0.29, 0.717) is 37.0 Å². The van der Waals surface area contributed by atoms with Crippen LogP contribution in [0.15, 0.2) is 47.0 Å². The first kappa shape index (κ1) is 20.5. The molecule has 1 saturated heterocycles. The van der Waals surface area contributed by atoms with Crippen molar-refractivity contribution < 1.29 is 14.1 Å². The van der Waals surface area contributed by atoms with Crippen molar-refractivity contribution in [3.05, 3.63) is 70.7 Å². The lowest BCUT2D eigenvalue weighted by Crippen LogP contribution is -2.42. The van der Waals surface area contributed by atoms with Crippen molar-refractivity contribution in [3.63, 3.8) is 0 Å². The number of fused-ring (bicyclic) bond motifs is 1. The maximum absolute atomic E-state index is 13.3. The molecule has 0 spiro atoms. The summed E-state index contributed by atoms with van der Waals surface area (Å²) in [5.41, 5.74) is 6.21. The van der Waals surface area contributed by atoms with Gasteiger partial charge in [-0.05, 0) is 50.1 Å². The normalized spacial score (nSPS) is 16.6. The van der Waals surface area contributed by atoms with Crippen molar-refractivity contribution in [2.75, 3.05) is 19.7 Å². The van der Waals surface area contributed by atoms with Gasteiger partial charge in [-0.3, -0.25) is 4.79 Å². The van der Waals surface area contributed by atoms with Crippen LogP contribution < -0.4 is 0 Å². The summed E-state index contributed by atoms with van der Waals surface area (Å²) in [6.07, 6.45) is -0.442. The number of aromatic nitrogens is 3. The average molecular weight is 431 g/mol.